The van der Waals surface area contributed by atoms with E-state index < -0.39 is 5.56 Å². The number of hydrogen-bond acceptors (Lipinski definition) is 4. The Morgan fingerprint density at radius 2 is 2.05 bits per heavy atom. The summed E-state index contributed by atoms with van der Waals surface area (Å²) in [4.78, 5) is 28.2. The molecule has 0 N–H and O–H groups in total. The van der Waals surface area contributed by atoms with Crippen LogP contribution in [0, 0.1) is 0 Å². The molecule has 1 aromatic heterocycles. The first-order chi connectivity index (χ1) is 9.58. The highest BCUT2D eigenvalue weighted by molar-refractivity contribution is 7.98. The molecule has 0 saturated carbocycles. The van der Waals surface area contributed by atoms with Crippen molar-refractivity contribution in [3.63, 3.8) is 0 Å². The van der Waals surface area contributed by atoms with E-state index in [-0.39, 0.29) is 17.5 Å². The molecule has 1 heterocycles. The van der Waals surface area contributed by atoms with Crippen molar-refractivity contribution in [1.29, 1.82) is 0 Å². The Morgan fingerprint density at radius 1 is 1.35 bits per heavy atom. The molecule has 0 saturated heterocycles. The van der Waals surface area contributed by atoms with Crippen molar-refractivity contribution in [2.75, 3.05) is 0 Å². The number of ketones is 1. The van der Waals surface area contributed by atoms with Crippen molar-refractivity contribution < 1.29 is 4.79 Å². The minimum atomic E-state index is -0.423. The standard InChI is InChI=1S/C14H13ClN2O2S/c1-10(18)8-17-11(7-16-13(15)14(17)19)9-20-12-5-3-2-4-6-12/h2-7H,8-9H2,1H3. The maximum Gasteiger partial charge on any atom is 0.288 e. The number of carbonyl (C=O) groups is 1. The summed E-state index contributed by atoms with van der Waals surface area (Å²) < 4.78 is 1.38. The normalized spacial score (nSPS) is 10.5. The summed E-state index contributed by atoms with van der Waals surface area (Å²) >= 11 is 7.30. The van der Waals surface area contributed by atoms with Gasteiger partial charge in [-0.25, -0.2) is 4.98 Å². The van der Waals surface area contributed by atoms with Crippen molar-refractivity contribution in [3.8, 4) is 0 Å². The van der Waals surface area contributed by atoms with Crippen LogP contribution >= 0.6 is 23.4 Å². The molecule has 104 valence electrons. The van der Waals surface area contributed by atoms with Crippen LogP contribution < -0.4 is 5.56 Å². The molecular formula is C14H13ClN2O2S. The summed E-state index contributed by atoms with van der Waals surface area (Å²) in [7, 11) is 0. The van der Waals surface area contributed by atoms with Gasteiger partial charge in [0.05, 0.1) is 12.2 Å². The number of halogens is 1. The zero-order valence-electron chi connectivity index (χ0n) is 10.9. The first-order valence-corrected chi connectivity index (χ1v) is 7.36. The molecule has 6 heteroatoms. The summed E-state index contributed by atoms with van der Waals surface area (Å²) in [5.41, 5.74) is 0.261. The average molecular weight is 309 g/mol. The van der Waals surface area contributed by atoms with E-state index in [2.05, 4.69) is 4.98 Å². The smallest absolute Gasteiger partial charge is 0.288 e. The van der Waals surface area contributed by atoms with E-state index in [9.17, 15) is 9.59 Å². The molecule has 1 aromatic carbocycles. The molecule has 0 atom stereocenters. The minimum absolute atomic E-state index is 0.0196. The van der Waals surface area contributed by atoms with Crippen molar-refractivity contribution in [2.24, 2.45) is 0 Å². The van der Waals surface area contributed by atoms with Crippen molar-refractivity contribution >= 4 is 29.1 Å². The van der Waals surface area contributed by atoms with Crippen LogP contribution in [0.3, 0.4) is 0 Å². The summed E-state index contributed by atoms with van der Waals surface area (Å²) in [6.07, 6.45) is 1.54. The van der Waals surface area contributed by atoms with Gasteiger partial charge in [-0.1, -0.05) is 29.8 Å². The zero-order valence-corrected chi connectivity index (χ0v) is 12.4. The molecule has 0 bridgehead atoms. The molecule has 20 heavy (non-hydrogen) atoms. The van der Waals surface area contributed by atoms with Crippen molar-refractivity contribution in [1.82, 2.24) is 9.55 Å². The second-order valence-electron chi connectivity index (χ2n) is 4.24. The molecule has 0 spiro atoms. The van der Waals surface area contributed by atoms with Crippen LogP contribution in [0.1, 0.15) is 12.6 Å². The molecule has 2 aromatic rings. The average Bonchev–Trinajstić information content (AvgIpc) is 2.44. The van der Waals surface area contributed by atoms with Crippen LogP contribution in [-0.4, -0.2) is 15.3 Å². The van der Waals surface area contributed by atoms with Crippen molar-refractivity contribution in [3.05, 3.63) is 57.7 Å². The topological polar surface area (TPSA) is 52.0 Å². The molecule has 0 aliphatic rings. The van der Waals surface area contributed by atoms with Crippen LogP contribution in [0.25, 0.3) is 0 Å². The first kappa shape index (κ1) is 14.8. The fourth-order valence-electron chi connectivity index (χ4n) is 1.68. The maximum atomic E-state index is 11.9. The van der Waals surface area contributed by atoms with E-state index in [0.29, 0.717) is 11.4 Å². The van der Waals surface area contributed by atoms with Gasteiger partial charge in [-0.15, -0.1) is 11.8 Å². The largest absolute Gasteiger partial charge is 0.300 e. The second-order valence-corrected chi connectivity index (χ2v) is 5.64. The lowest BCUT2D eigenvalue weighted by Gasteiger charge is -2.11. The molecule has 4 nitrogen and oxygen atoms in total. The van der Waals surface area contributed by atoms with E-state index in [1.807, 2.05) is 30.3 Å². The minimum Gasteiger partial charge on any atom is -0.300 e. The third-order valence-corrected chi connectivity index (χ3v) is 3.91. The van der Waals surface area contributed by atoms with Crippen LogP contribution in [-0.2, 0) is 17.1 Å². The number of carbonyl (C=O) groups excluding carboxylic acids is 1. The fraction of sp³-hybridized carbons (Fsp3) is 0.214. The third kappa shape index (κ3) is 3.71. The number of thioether (sulfide) groups is 1. The quantitative estimate of drug-likeness (QED) is 0.797. The van der Waals surface area contributed by atoms with E-state index in [4.69, 9.17) is 11.6 Å². The maximum absolute atomic E-state index is 11.9. The van der Waals surface area contributed by atoms with Gasteiger partial charge in [0.2, 0.25) is 0 Å². The monoisotopic (exact) mass is 308 g/mol. The number of rotatable bonds is 5. The molecule has 0 amide bonds. The predicted molar refractivity (Wildman–Crippen MR) is 80.2 cm³/mol. The van der Waals surface area contributed by atoms with Gasteiger partial charge < -0.3 is 4.57 Å². The van der Waals surface area contributed by atoms with Crippen LogP contribution in [0.4, 0.5) is 0 Å². The molecule has 0 radical (unpaired) electrons. The number of hydrogen-bond donors (Lipinski definition) is 0. The van der Waals surface area contributed by atoms with Gasteiger partial charge in [0.15, 0.2) is 5.15 Å². The van der Waals surface area contributed by atoms with E-state index in [1.54, 1.807) is 18.0 Å². The van der Waals surface area contributed by atoms with Crippen LogP contribution in [0.5, 0.6) is 0 Å². The molecular weight excluding hydrogens is 296 g/mol. The molecule has 0 aliphatic heterocycles. The van der Waals surface area contributed by atoms with Crippen LogP contribution in [0.2, 0.25) is 5.15 Å². The lowest BCUT2D eigenvalue weighted by Crippen LogP contribution is -2.27. The number of aromatic nitrogens is 2. The van der Waals surface area contributed by atoms with E-state index in [1.165, 1.54) is 11.5 Å². The van der Waals surface area contributed by atoms with Gasteiger partial charge in [-0.05, 0) is 19.1 Å². The number of benzene rings is 1. The van der Waals surface area contributed by atoms with Gasteiger partial charge in [0, 0.05) is 16.8 Å². The highest BCUT2D eigenvalue weighted by atomic mass is 35.5. The zero-order chi connectivity index (χ0) is 14.5. The molecule has 0 unspecified atom stereocenters. The van der Waals surface area contributed by atoms with Crippen LogP contribution in [0.15, 0.2) is 46.2 Å². The second kappa shape index (κ2) is 6.72. The summed E-state index contributed by atoms with van der Waals surface area (Å²) in [6.45, 7) is 1.46. The Balaban J connectivity index is 2.25. The Kier molecular flexibility index (Phi) is 4.98. The lowest BCUT2D eigenvalue weighted by molar-refractivity contribution is -0.117. The number of Topliss-reactive ketones (excluding diaryl/α,β-unsaturated/α-hetero) is 1. The lowest BCUT2D eigenvalue weighted by atomic mass is 10.4. The summed E-state index contributed by atoms with van der Waals surface area (Å²) in [5.74, 6) is 0.455. The molecule has 2 rings (SSSR count). The molecule has 0 fully saturated rings. The fourth-order valence-corrected chi connectivity index (χ4v) is 2.73. The Bertz CT molecular complexity index is 671. The third-order valence-electron chi connectivity index (χ3n) is 2.61. The summed E-state index contributed by atoms with van der Waals surface area (Å²) in [6, 6.07) is 9.82. The van der Waals surface area contributed by atoms with Gasteiger partial charge in [0.25, 0.3) is 5.56 Å². The number of nitrogens with zero attached hydrogens (tertiary/aromatic N) is 2. The predicted octanol–water partition coefficient (Wildman–Crippen LogP) is 2.78. The van der Waals surface area contributed by atoms with E-state index in [0.717, 1.165) is 4.90 Å². The Morgan fingerprint density at radius 3 is 2.70 bits per heavy atom. The van der Waals surface area contributed by atoms with Gasteiger partial charge in [0.1, 0.15) is 5.78 Å². The Labute approximate surface area is 125 Å². The highest BCUT2D eigenvalue weighted by Crippen LogP contribution is 2.21. The highest BCUT2D eigenvalue weighted by Gasteiger charge is 2.10. The molecule has 0 aliphatic carbocycles. The van der Waals surface area contributed by atoms with Gasteiger partial charge in [-0.2, -0.15) is 0 Å². The van der Waals surface area contributed by atoms with Gasteiger partial charge in [-0.3, -0.25) is 9.59 Å². The summed E-state index contributed by atoms with van der Waals surface area (Å²) in [5, 5.41) is -0.111. The first-order valence-electron chi connectivity index (χ1n) is 5.99. The van der Waals surface area contributed by atoms with E-state index >= 15 is 0 Å². The SMILES string of the molecule is CC(=O)Cn1c(CSc2ccccc2)cnc(Cl)c1=O. The van der Waals surface area contributed by atoms with Gasteiger partial charge >= 0.3 is 0 Å². The Hall–Kier alpha value is -1.59. The van der Waals surface area contributed by atoms with Crippen molar-refractivity contribution in [2.45, 2.75) is 24.1 Å².